The third-order valence-electron chi connectivity index (χ3n) is 7.20. The molecule has 0 fully saturated rings. The van der Waals surface area contributed by atoms with Crippen LogP contribution in [-0.4, -0.2) is 36.0 Å². The highest BCUT2D eigenvalue weighted by atomic mass is 35.5. The molecule has 6 rings (SSSR count). The highest BCUT2D eigenvalue weighted by Gasteiger charge is 2.32. The number of carboxylic acid groups (broad SMARTS) is 1. The fraction of sp³-hybridized carbons (Fsp3) is 0.212. The van der Waals surface area contributed by atoms with Crippen molar-refractivity contribution in [3.05, 3.63) is 99.6 Å². The molecule has 10 heteroatoms. The number of aromatic nitrogens is 4. The van der Waals surface area contributed by atoms with E-state index in [1.54, 1.807) is 39.8 Å². The highest BCUT2D eigenvalue weighted by Crippen LogP contribution is 2.44. The summed E-state index contributed by atoms with van der Waals surface area (Å²) in [4.78, 5) is 31.4. The van der Waals surface area contributed by atoms with E-state index in [9.17, 15) is 14.7 Å². The van der Waals surface area contributed by atoms with Crippen molar-refractivity contribution in [3.63, 3.8) is 0 Å². The standard InChI is InChI=1S/C33H29ClN4O4S/c1-18-15-24-29(27(19-8-10-21(34)11-9-19)26(18)28(32(40)41)42-33(2,3)4)43-30(36-24)23-7-6-14-38(31(23)39)22-12-13-25-20(16-22)17-35-37(25)5/h6-17,28H,1-5H3,(H,40,41). The molecule has 218 valence electrons. The molecule has 1 N–H and O–H groups in total. The van der Waals surface area contributed by atoms with E-state index in [-0.39, 0.29) is 5.56 Å². The summed E-state index contributed by atoms with van der Waals surface area (Å²) in [7, 11) is 1.88. The lowest BCUT2D eigenvalue weighted by molar-refractivity contribution is -0.160. The van der Waals surface area contributed by atoms with E-state index >= 15 is 0 Å². The van der Waals surface area contributed by atoms with Gasteiger partial charge < -0.3 is 9.84 Å². The molecule has 6 aromatic rings. The number of rotatable bonds is 6. The first-order valence-corrected chi connectivity index (χ1v) is 14.9. The van der Waals surface area contributed by atoms with Crippen molar-refractivity contribution in [1.29, 1.82) is 0 Å². The monoisotopic (exact) mass is 612 g/mol. The van der Waals surface area contributed by atoms with Gasteiger partial charge in [0.25, 0.3) is 5.56 Å². The van der Waals surface area contributed by atoms with E-state index in [4.69, 9.17) is 21.3 Å². The van der Waals surface area contributed by atoms with Crippen LogP contribution in [0.15, 0.2) is 77.9 Å². The van der Waals surface area contributed by atoms with Crippen molar-refractivity contribution in [2.24, 2.45) is 7.05 Å². The third kappa shape index (κ3) is 5.35. The molecule has 1 atom stereocenters. The van der Waals surface area contributed by atoms with E-state index in [2.05, 4.69) is 5.10 Å². The van der Waals surface area contributed by atoms with E-state index in [0.29, 0.717) is 32.2 Å². The first-order chi connectivity index (χ1) is 20.4. The largest absolute Gasteiger partial charge is 0.479 e. The fourth-order valence-electron chi connectivity index (χ4n) is 5.31. The van der Waals surface area contributed by atoms with E-state index in [1.807, 2.05) is 77.2 Å². The Balaban J connectivity index is 1.57. The van der Waals surface area contributed by atoms with Gasteiger partial charge in [0.05, 0.1) is 33.1 Å². The number of aliphatic carboxylic acids is 1. The number of hydrogen-bond acceptors (Lipinski definition) is 6. The molecule has 0 saturated carbocycles. The van der Waals surface area contributed by atoms with Crippen LogP contribution < -0.4 is 5.56 Å². The van der Waals surface area contributed by atoms with Crippen molar-refractivity contribution in [1.82, 2.24) is 19.3 Å². The van der Waals surface area contributed by atoms with E-state index < -0.39 is 17.7 Å². The molecule has 1 unspecified atom stereocenters. The normalized spacial score (nSPS) is 12.7. The molecule has 43 heavy (non-hydrogen) atoms. The predicted molar refractivity (Wildman–Crippen MR) is 171 cm³/mol. The Kier molecular flexibility index (Phi) is 7.20. The van der Waals surface area contributed by atoms with Gasteiger partial charge in [-0.05, 0) is 87.4 Å². The van der Waals surface area contributed by atoms with Crippen molar-refractivity contribution in [2.75, 3.05) is 0 Å². The predicted octanol–water partition coefficient (Wildman–Crippen LogP) is 7.57. The van der Waals surface area contributed by atoms with Gasteiger partial charge in [-0.2, -0.15) is 5.10 Å². The van der Waals surface area contributed by atoms with Crippen LogP contribution in [0.1, 0.15) is 38.0 Å². The molecule has 3 heterocycles. The lowest BCUT2D eigenvalue weighted by Gasteiger charge is -2.28. The molecule has 0 aliphatic heterocycles. The van der Waals surface area contributed by atoms with Gasteiger partial charge in [-0.25, -0.2) is 9.78 Å². The van der Waals surface area contributed by atoms with Gasteiger partial charge in [-0.3, -0.25) is 14.0 Å². The second-order valence-electron chi connectivity index (χ2n) is 11.4. The van der Waals surface area contributed by atoms with Crippen LogP contribution in [0.2, 0.25) is 5.02 Å². The number of ether oxygens (including phenoxy) is 1. The maximum Gasteiger partial charge on any atom is 0.337 e. The molecule has 0 aliphatic rings. The number of carboxylic acids is 1. The van der Waals surface area contributed by atoms with Crippen LogP contribution >= 0.6 is 22.9 Å². The number of pyridine rings is 1. The SMILES string of the molecule is Cc1cc2nc(-c3cccn(-c4ccc5c(cnn5C)c4)c3=O)sc2c(-c2ccc(Cl)cc2)c1C(OC(C)(C)C)C(=O)O. The average Bonchev–Trinajstić information content (AvgIpc) is 3.54. The van der Waals surface area contributed by atoms with E-state index in [0.717, 1.165) is 32.4 Å². The lowest BCUT2D eigenvalue weighted by atomic mass is 9.91. The minimum absolute atomic E-state index is 0.214. The number of benzene rings is 3. The Morgan fingerprint density at radius 3 is 2.53 bits per heavy atom. The molecule has 3 aromatic heterocycles. The zero-order chi connectivity index (χ0) is 30.6. The lowest BCUT2D eigenvalue weighted by Crippen LogP contribution is -2.28. The molecular weight excluding hydrogens is 584 g/mol. The molecule has 8 nitrogen and oxygen atoms in total. The number of nitrogens with zero attached hydrogens (tertiary/aromatic N) is 4. The summed E-state index contributed by atoms with van der Waals surface area (Å²) in [6, 6.07) is 18.5. The molecule has 0 saturated heterocycles. The van der Waals surface area contributed by atoms with Crippen LogP contribution in [0.4, 0.5) is 0 Å². The molecule has 0 spiro atoms. The van der Waals surface area contributed by atoms with Crippen LogP contribution in [0.3, 0.4) is 0 Å². The molecule has 3 aromatic carbocycles. The Hall–Kier alpha value is -4.31. The van der Waals surface area contributed by atoms with E-state index in [1.165, 1.54) is 11.3 Å². The van der Waals surface area contributed by atoms with Crippen LogP contribution in [0.25, 0.3) is 48.5 Å². The van der Waals surface area contributed by atoms with Gasteiger partial charge in [0.2, 0.25) is 0 Å². The molecule has 0 aliphatic carbocycles. The number of fused-ring (bicyclic) bond motifs is 2. The summed E-state index contributed by atoms with van der Waals surface area (Å²) in [6.07, 6.45) is 2.28. The minimum Gasteiger partial charge on any atom is -0.479 e. The average molecular weight is 613 g/mol. The van der Waals surface area contributed by atoms with Crippen molar-refractivity contribution in [2.45, 2.75) is 39.4 Å². The number of halogens is 1. The first-order valence-electron chi connectivity index (χ1n) is 13.7. The topological polar surface area (TPSA) is 99.2 Å². The Bertz CT molecular complexity index is 2090. The van der Waals surface area contributed by atoms with Crippen molar-refractivity contribution >= 4 is 50.0 Å². The minimum atomic E-state index is -1.23. The number of aryl methyl sites for hydroxylation is 2. The van der Waals surface area contributed by atoms with Gasteiger partial charge in [-0.15, -0.1) is 11.3 Å². The summed E-state index contributed by atoms with van der Waals surface area (Å²) >= 11 is 7.57. The molecule has 0 bridgehead atoms. The van der Waals surface area contributed by atoms with Gasteiger partial charge in [0.15, 0.2) is 6.10 Å². The third-order valence-corrected chi connectivity index (χ3v) is 8.58. The Morgan fingerprint density at radius 2 is 1.84 bits per heavy atom. The van der Waals surface area contributed by atoms with Gasteiger partial charge in [0.1, 0.15) is 5.01 Å². The van der Waals surface area contributed by atoms with Crippen molar-refractivity contribution < 1.29 is 14.6 Å². The molecule has 0 amide bonds. The van der Waals surface area contributed by atoms with Gasteiger partial charge >= 0.3 is 5.97 Å². The number of hydrogen-bond donors (Lipinski definition) is 1. The zero-order valence-corrected chi connectivity index (χ0v) is 25.8. The van der Waals surface area contributed by atoms with Crippen LogP contribution in [0, 0.1) is 6.92 Å². The summed E-state index contributed by atoms with van der Waals surface area (Å²) in [5, 5.41) is 16.7. The quantitative estimate of drug-likeness (QED) is 0.208. The molecule has 0 radical (unpaired) electrons. The second kappa shape index (κ2) is 10.8. The number of thiazole rings is 1. The summed E-state index contributed by atoms with van der Waals surface area (Å²) in [6.45, 7) is 7.35. The van der Waals surface area contributed by atoms with Crippen LogP contribution in [0.5, 0.6) is 0 Å². The summed E-state index contributed by atoms with van der Waals surface area (Å²) in [5.41, 5.74) is 4.61. The molecular formula is C33H29ClN4O4S. The van der Waals surface area contributed by atoms with Crippen LogP contribution in [-0.2, 0) is 16.6 Å². The maximum absolute atomic E-state index is 13.9. The zero-order valence-electron chi connectivity index (χ0n) is 24.3. The van der Waals surface area contributed by atoms with Gasteiger partial charge in [-0.1, -0.05) is 23.7 Å². The second-order valence-corrected chi connectivity index (χ2v) is 12.8. The Labute approximate surface area is 256 Å². The first kappa shape index (κ1) is 28.8. The van der Waals surface area contributed by atoms with Crippen molar-refractivity contribution in [3.8, 4) is 27.4 Å². The Morgan fingerprint density at radius 1 is 1.09 bits per heavy atom. The fourth-order valence-corrected chi connectivity index (χ4v) is 6.58. The summed E-state index contributed by atoms with van der Waals surface area (Å²) < 4.78 is 10.3. The maximum atomic E-state index is 13.9. The summed E-state index contributed by atoms with van der Waals surface area (Å²) in [5.74, 6) is -1.09. The highest BCUT2D eigenvalue weighted by molar-refractivity contribution is 7.22. The smallest absolute Gasteiger partial charge is 0.337 e. The number of carbonyl (C=O) groups is 1. The van der Waals surface area contributed by atoms with Gasteiger partial charge in [0, 0.05) is 40.5 Å².